The first kappa shape index (κ1) is 89.1. The number of primary amides is 1. The van der Waals surface area contributed by atoms with E-state index in [9.17, 15) is 58.5 Å². The number of aliphatic carboxylic acids is 2. The largest absolute Gasteiger partial charge is 0.480 e. The van der Waals surface area contributed by atoms with E-state index in [1.54, 1.807) is 105 Å². The molecule has 33 heteroatoms. The van der Waals surface area contributed by atoms with Gasteiger partial charge in [-0.2, -0.15) is 0 Å². The van der Waals surface area contributed by atoms with Crippen LogP contribution in [0.25, 0.3) is 10.8 Å². The molecule has 10 atom stereocenters. The first-order valence-corrected chi connectivity index (χ1v) is 38.7. The van der Waals surface area contributed by atoms with Gasteiger partial charge < -0.3 is 90.0 Å². The first-order valence-electron chi connectivity index (χ1n) is 38.3. The summed E-state index contributed by atoms with van der Waals surface area (Å²) in [5, 5.41) is 64.7. The average molecular weight is 1610 g/mol. The smallest absolute Gasteiger partial charge is 0.317 e. The number of likely N-dealkylation sites (tertiary alicyclic amines) is 1. The summed E-state index contributed by atoms with van der Waals surface area (Å²) in [6, 6.07) is 27.9. The number of nitrogens with one attached hydrogen (secondary N) is 10. The molecule has 0 unspecified atom stereocenters. The highest BCUT2D eigenvalue weighted by atomic mass is 35.5. The van der Waals surface area contributed by atoms with Crippen molar-refractivity contribution in [1.29, 1.82) is 5.41 Å². The van der Waals surface area contributed by atoms with Crippen molar-refractivity contribution in [2.45, 2.75) is 158 Å². The fourth-order valence-electron chi connectivity index (χ4n) is 13.7. The Labute approximate surface area is 672 Å². The van der Waals surface area contributed by atoms with Crippen molar-refractivity contribution in [3.8, 4) is 0 Å². The summed E-state index contributed by atoms with van der Waals surface area (Å²) in [7, 11) is 0. The van der Waals surface area contributed by atoms with Crippen molar-refractivity contribution in [2.75, 3.05) is 59.1 Å². The highest BCUT2D eigenvalue weighted by molar-refractivity contribution is 6.30. The van der Waals surface area contributed by atoms with Crippen LogP contribution in [0.2, 0.25) is 5.02 Å². The quantitative estimate of drug-likeness (QED) is 0.0143. The molecule has 616 valence electrons. The molecule has 0 bridgehead atoms. The number of hydrogen-bond donors (Lipinski definition) is 16. The van der Waals surface area contributed by atoms with Gasteiger partial charge >= 0.3 is 11.9 Å². The topological polar surface area (TPSA) is 495 Å². The zero-order valence-electron chi connectivity index (χ0n) is 64.7. The van der Waals surface area contributed by atoms with E-state index in [0.29, 0.717) is 72.1 Å². The van der Waals surface area contributed by atoms with Gasteiger partial charge in [0.15, 0.2) is 5.96 Å². The number of fused-ring (bicyclic) bond motifs is 1. The van der Waals surface area contributed by atoms with Crippen molar-refractivity contribution in [1.82, 2.24) is 62.6 Å². The molecule has 2 fully saturated rings. The van der Waals surface area contributed by atoms with Gasteiger partial charge in [-0.15, -0.1) is 0 Å². The van der Waals surface area contributed by atoms with E-state index in [-0.39, 0.29) is 89.3 Å². The fourth-order valence-corrected chi connectivity index (χ4v) is 13.8. The van der Waals surface area contributed by atoms with Crippen LogP contribution in [0.4, 0.5) is 0 Å². The standard InChI is InChI=1S/C82H105ClN16O16/c1-49(2)38-63(74(107)90-62(18-10-32-88-82(86)87)81(114)99-33-11-19-69(99)80(113)89-50(3)72(85)105)92-76(109)66(40-53-22-26-56(27-23-53)45-98(46-70(101)102)47-71(103)104)94-77(110)67(41-52-20-24-55(25-21-52)44-97-34-36-115-37-35-97)95-79(112)68(48-100)96-78(111)65(39-51-12-5-4-6-13-51)93-75(108)64(42-54-28-30-59(83)31-29-54)91-73(106)61(84)43-58-16-9-15-57-14-7-8-17-60(57)58/h4-9,12-17,20-31,49-50,61-69,100H,10-11,18-19,32-48,84H2,1-3H3,(H2,85,105)(H,89,113)(H,90,107)(H,91,106)(H,92,109)(H,93,108)(H,94,110)(H,95,112)(H,96,111)(H,101,102)(H,103,104)(H4,86,87,88)/t50-,61-,62+,63+,64-,65-,66-,67+,68+,69+/m1/s1. The number of carboxylic acid groups (broad SMARTS) is 2. The zero-order chi connectivity index (χ0) is 83.3. The molecule has 0 aromatic heterocycles. The lowest BCUT2D eigenvalue weighted by Crippen LogP contribution is -2.61. The number of amides is 10. The van der Waals surface area contributed by atoms with Gasteiger partial charge in [0.05, 0.1) is 39.0 Å². The number of guanidine groups is 1. The van der Waals surface area contributed by atoms with Crippen LogP contribution in [-0.2, 0) is 107 Å². The lowest BCUT2D eigenvalue weighted by Gasteiger charge is -2.31. The molecule has 115 heavy (non-hydrogen) atoms. The average Bonchev–Trinajstić information content (AvgIpc) is 1.73. The second kappa shape index (κ2) is 44.3. The number of ether oxygens (including phenoxy) is 1. The van der Waals surface area contributed by atoms with Gasteiger partial charge in [0.1, 0.15) is 54.4 Å². The van der Waals surface area contributed by atoms with Crippen LogP contribution in [0, 0.1) is 11.3 Å². The van der Waals surface area contributed by atoms with Gasteiger partial charge in [0.2, 0.25) is 59.1 Å². The maximum Gasteiger partial charge on any atom is 0.317 e. The number of carboxylic acids is 2. The third-order valence-electron chi connectivity index (χ3n) is 19.8. The lowest BCUT2D eigenvalue weighted by atomic mass is 9.98. The lowest BCUT2D eigenvalue weighted by molar-refractivity contribution is -0.142. The van der Waals surface area contributed by atoms with E-state index in [1.165, 1.54) is 16.7 Å². The Kier molecular flexibility index (Phi) is 34.3. The molecular formula is C82H105ClN16O16. The van der Waals surface area contributed by atoms with Crippen molar-refractivity contribution in [3.63, 3.8) is 0 Å². The highest BCUT2D eigenvalue weighted by Gasteiger charge is 2.41. The molecule has 32 nitrogen and oxygen atoms in total. The summed E-state index contributed by atoms with van der Waals surface area (Å²) in [6.45, 7) is 5.78. The minimum absolute atomic E-state index is 0.0462. The Balaban J connectivity index is 1.10. The number of benzene rings is 6. The number of rotatable bonds is 43. The third kappa shape index (κ3) is 28.6. The Hall–Kier alpha value is -11.4. The first-order chi connectivity index (χ1) is 55.0. The van der Waals surface area contributed by atoms with Gasteiger partial charge in [-0.1, -0.05) is 159 Å². The molecule has 8 rings (SSSR count). The number of halogens is 1. The summed E-state index contributed by atoms with van der Waals surface area (Å²) < 4.78 is 5.55. The van der Waals surface area contributed by atoms with Crippen molar-refractivity contribution >= 4 is 99.3 Å². The predicted octanol–water partition coefficient (Wildman–Crippen LogP) is 0.813. The Morgan fingerprint density at radius 2 is 1.00 bits per heavy atom. The summed E-state index contributed by atoms with van der Waals surface area (Å²) in [5.74, 6) is -11.6. The summed E-state index contributed by atoms with van der Waals surface area (Å²) in [5.41, 5.74) is 21.8. The molecule has 6 aromatic carbocycles. The van der Waals surface area contributed by atoms with E-state index in [0.717, 1.165) is 21.9 Å². The molecule has 2 heterocycles. The molecular weight excluding hydrogens is 1500 g/mol. The molecule has 0 saturated carbocycles. The van der Waals surface area contributed by atoms with Crippen LogP contribution in [0.5, 0.6) is 0 Å². The van der Waals surface area contributed by atoms with Crippen LogP contribution in [0.15, 0.2) is 146 Å². The monoisotopic (exact) mass is 1600 g/mol. The van der Waals surface area contributed by atoms with E-state index in [1.807, 2.05) is 54.6 Å². The van der Waals surface area contributed by atoms with E-state index in [4.69, 9.17) is 38.9 Å². The van der Waals surface area contributed by atoms with E-state index in [2.05, 4.69) is 52.8 Å². The van der Waals surface area contributed by atoms with Gasteiger partial charge in [0.25, 0.3) is 0 Å². The van der Waals surface area contributed by atoms with Gasteiger partial charge in [-0.05, 0) is 113 Å². The Morgan fingerprint density at radius 1 is 0.539 bits per heavy atom. The zero-order valence-corrected chi connectivity index (χ0v) is 65.4. The second-order valence-corrected chi connectivity index (χ2v) is 29.8. The van der Waals surface area contributed by atoms with Crippen molar-refractivity contribution < 1.29 is 77.6 Å². The van der Waals surface area contributed by atoms with E-state index < -0.39 is 151 Å². The maximum atomic E-state index is 15.5. The normalized spacial score (nSPS) is 15.9. The molecule has 0 aliphatic carbocycles. The van der Waals surface area contributed by atoms with Crippen molar-refractivity contribution in [2.24, 2.45) is 23.1 Å². The molecule has 0 spiro atoms. The molecule has 2 saturated heterocycles. The Morgan fingerprint density at radius 3 is 1.53 bits per heavy atom. The van der Waals surface area contributed by atoms with Crippen LogP contribution >= 0.6 is 11.6 Å². The summed E-state index contributed by atoms with van der Waals surface area (Å²) in [6.07, 6.45) is -0.0957. The molecule has 0 radical (unpaired) electrons. The number of nitrogens with two attached hydrogens (primary N) is 3. The summed E-state index contributed by atoms with van der Waals surface area (Å²) >= 11 is 6.26. The SMILES string of the molecule is CC(C)C[C@H](NC(=O)[C@@H](Cc1ccc(CN(CC(=O)O)CC(=O)O)cc1)NC(=O)[C@H](Cc1ccc(CN2CCOCC2)cc1)NC(=O)[C@H](CO)NC(=O)[C@@H](Cc1ccccc1)NC(=O)[C@@H](Cc1ccc(Cl)cc1)NC(=O)[C@H](N)Cc1cccc2ccccc12)C(=O)N[C@@H](CCCNC(=N)N)C(=O)N1CCC[C@H]1C(=O)N[C@H](C)C(N)=O. The number of carbonyl (C=O) groups is 12. The molecule has 2 aliphatic rings. The second-order valence-electron chi connectivity index (χ2n) is 29.4. The molecule has 19 N–H and O–H groups in total. The number of morpholine rings is 1. The summed E-state index contributed by atoms with van der Waals surface area (Å²) in [4.78, 5) is 173. The van der Waals surface area contributed by atoms with Crippen LogP contribution < -0.4 is 65.1 Å². The van der Waals surface area contributed by atoms with Crippen molar-refractivity contribution in [3.05, 3.63) is 190 Å². The van der Waals surface area contributed by atoms with Gasteiger partial charge in [0, 0.05) is 70.0 Å². The number of nitrogens with zero attached hydrogens (tertiary/aromatic N) is 3. The van der Waals surface area contributed by atoms with Crippen LogP contribution in [0.1, 0.15) is 91.8 Å². The Bertz CT molecular complexity index is 4330. The van der Waals surface area contributed by atoms with Crippen LogP contribution in [-0.4, -0.2) is 226 Å². The minimum Gasteiger partial charge on any atom is -0.480 e. The van der Waals surface area contributed by atoms with Crippen LogP contribution in [0.3, 0.4) is 0 Å². The predicted molar refractivity (Wildman–Crippen MR) is 429 cm³/mol. The molecule has 10 amide bonds. The molecule has 6 aromatic rings. The molecule has 2 aliphatic heterocycles. The van der Waals surface area contributed by atoms with Gasteiger partial charge in [-0.3, -0.25) is 72.7 Å². The third-order valence-corrected chi connectivity index (χ3v) is 20.0. The highest BCUT2D eigenvalue weighted by Crippen LogP contribution is 2.24. The number of aliphatic hydroxyl groups is 1. The number of aliphatic hydroxyl groups excluding tert-OH is 1. The van der Waals surface area contributed by atoms with Gasteiger partial charge in [-0.25, -0.2) is 0 Å². The fraction of sp³-hybridized carbons (Fsp3) is 0.427. The minimum atomic E-state index is -1.83. The number of carbonyl (C=O) groups excluding carboxylic acids is 10. The number of hydrogen-bond acceptors (Lipinski definition) is 18. The maximum absolute atomic E-state index is 15.5. The van der Waals surface area contributed by atoms with E-state index >= 15 is 14.4 Å².